The highest BCUT2D eigenvalue weighted by atomic mass is 33.1. The molecular formula is C43H67N11O12S2. The average molecular weight is 994 g/mol. The first kappa shape index (κ1) is 56.7. The lowest BCUT2D eigenvalue weighted by Crippen LogP contribution is -2.63. The predicted molar refractivity (Wildman–Crippen MR) is 253 cm³/mol. The summed E-state index contributed by atoms with van der Waals surface area (Å²) in [5.41, 5.74) is 17.0. The molecule has 2 aliphatic rings. The number of nitrogens with two attached hydrogens (primary N) is 3. The van der Waals surface area contributed by atoms with Crippen molar-refractivity contribution in [2.24, 2.45) is 23.1 Å². The fourth-order valence-electron chi connectivity index (χ4n) is 7.29. The fraction of sp³-hybridized carbons (Fsp3) is 0.628. The Morgan fingerprint density at radius 3 is 2.15 bits per heavy atom. The van der Waals surface area contributed by atoms with Gasteiger partial charge in [-0.3, -0.25) is 47.9 Å². The molecule has 0 spiro atoms. The van der Waals surface area contributed by atoms with Gasteiger partial charge in [-0.2, -0.15) is 0 Å². The van der Waals surface area contributed by atoms with Crippen molar-refractivity contribution in [3.8, 4) is 5.75 Å². The summed E-state index contributed by atoms with van der Waals surface area (Å²) in [6, 6.07) is -2.62. The van der Waals surface area contributed by atoms with Crippen LogP contribution in [0, 0.1) is 5.92 Å². The van der Waals surface area contributed by atoms with E-state index in [4.69, 9.17) is 21.9 Å². The number of amides is 10. The molecule has 1 aromatic carbocycles. The van der Waals surface area contributed by atoms with E-state index >= 15 is 0 Å². The molecule has 68 heavy (non-hydrogen) atoms. The summed E-state index contributed by atoms with van der Waals surface area (Å²) in [4.78, 5) is 135. The second-order valence-electron chi connectivity index (χ2n) is 16.5. The van der Waals surface area contributed by atoms with Gasteiger partial charge in [-0.05, 0) is 69.7 Å². The number of carbonyl (C=O) groups is 10. The van der Waals surface area contributed by atoms with Crippen LogP contribution in [0.1, 0.15) is 78.2 Å². The van der Waals surface area contributed by atoms with Gasteiger partial charge in [-0.15, -0.1) is 0 Å². The SMILES string of the molecule is CCOc1ccc(C[C@H]2NC(=O)CCSSC[C@@H](C(=O)N3CCC[C@H]3C(=O)N[C@@H](CCCN)C(=O)NCC(N)=O)NC(=O)[C@H](CC(N)=O)NC(=O)C([C@@H](C)O)NC(=O)C([C@@H](C)CC)NC2=O)cc1. The fourth-order valence-corrected chi connectivity index (χ4v) is 9.44. The number of nitrogens with zero attached hydrogens (tertiary/aromatic N) is 1. The minimum atomic E-state index is -1.74. The standard InChI is InChI=1S/C43H67N11O12S2/c1-5-23(3)35-41(63)53-36(24(4)55)42(64)50-29(20-32(45)56)38(60)51-30(43(65)54-17-8-10-31(54)40(62)49-27(9-7-16-44)37(59)47-21-33(46)57)22-68-67-18-15-34(58)48-28(39(61)52-35)19-25-11-13-26(14-12-25)66-6-2/h11-14,23-24,27-31,35-36,55H,5-10,15-22,44H2,1-4H3,(H2,45,56)(H2,46,57)(H,47,59)(H,48,58)(H,49,62)(H,50,64)(H,51,60)(H,52,61)(H,53,63)/t23-,24+,27-,28+,29-,30-,31-,35?,36?/m0/s1. The molecule has 2 fully saturated rings. The van der Waals surface area contributed by atoms with E-state index in [0.717, 1.165) is 10.8 Å². The average Bonchev–Trinajstić information content (AvgIpc) is 3.79. The van der Waals surface area contributed by atoms with Crippen molar-refractivity contribution in [3.05, 3.63) is 29.8 Å². The zero-order chi connectivity index (χ0) is 50.5. The summed E-state index contributed by atoms with van der Waals surface area (Å²) < 4.78 is 5.53. The zero-order valence-corrected chi connectivity index (χ0v) is 40.5. The Morgan fingerprint density at radius 1 is 0.868 bits per heavy atom. The number of nitrogens with one attached hydrogen (secondary N) is 7. The van der Waals surface area contributed by atoms with Gasteiger partial charge >= 0.3 is 0 Å². The van der Waals surface area contributed by atoms with E-state index in [1.807, 2.05) is 6.92 Å². The lowest BCUT2D eigenvalue weighted by molar-refractivity contribution is -0.142. The predicted octanol–water partition coefficient (Wildman–Crippen LogP) is -3.04. The van der Waals surface area contributed by atoms with Crippen LogP contribution in [0.3, 0.4) is 0 Å². The molecule has 2 saturated heterocycles. The molecule has 1 aromatic rings. The van der Waals surface area contributed by atoms with E-state index in [-0.39, 0.29) is 50.3 Å². The largest absolute Gasteiger partial charge is 0.494 e. The van der Waals surface area contributed by atoms with Crippen LogP contribution in [-0.4, -0.2) is 155 Å². The van der Waals surface area contributed by atoms with Crippen LogP contribution in [0.4, 0.5) is 0 Å². The minimum absolute atomic E-state index is 0.0243. The maximum absolute atomic E-state index is 14.4. The number of aliphatic hydroxyl groups excluding tert-OH is 1. The summed E-state index contributed by atoms with van der Waals surface area (Å²) >= 11 is 0. The van der Waals surface area contributed by atoms with E-state index < -0.39 is 126 Å². The zero-order valence-electron chi connectivity index (χ0n) is 38.8. The van der Waals surface area contributed by atoms with Crippen LogP contribution < -0.4 is 59.2 Å². The molecule has 23 nitrogen and oxygen atoms in total. The highest BCUT2D eigenvalue weighted by molar-refractivity contribution is 8.76. The normalized spacial score (nSPS) is 23.8. The van der Waals surface area contributed by atoms with Crippen molar-refractivity contribution < 1.29 is 57.8 Å². The van der Waals surface area contributed by atoms with Gasteiger partial charge in [0.05, 0.1) is 25.7 Å². The third-order valence-corrected chi connectivity index (χ3v) is 13.6. The smallest absolute Gasteiger partial charge is 0.246 e. The molecule has 0 bridgehead atoms. The molecule has 3 rings (SSSR count). The molecule has 2 aliphatic heterocycles. The molecule has 0 aliphatic carbocycles. The number of aliphatic hydroxyl groups is 1. The van der Waals surface area contributed by atoms with Gasteiger partial charge in [-0.25, -0.2) is 0 Å². The van der Waals surface area contributed by atoms with Gasteiger partial charge in [0.25, 0.3) is 0 Å². The number of hydrogen-bond acceptors (Lipinski definition) is 15. The van der Waals surface area contributed by atoms with Gasteiger partial charge in [0.1, 0.15) is 48.0 Å². The first-order chi connectivity index (χ1) is 32.3. The summed E-state index contributed by atoms with van der Waals surface area (Å²) in [7, 11) is 2.27. The van der Waals surface area contributed by atoms with Gasteiger partial charge in [-0.1, -0.05) is 54.0 Å². The van der Waals surface area contributed by atoms with E-state index in [9.17, 15) is 53.1 Å². The Labute approximate surface area is 403 Å². The second kappa shape index (κ2) is 28.6. The Morgan fingerprint density at radius 2 is 1.53 bits per heavy atom. The number of benzene rings is 1. The van der Waals surface area contributed by atoms with Crippen LogP contribution >= 0.6 is 21.6 Å². The Balaban J connectivity index is 1.99. The van der Waals surface area contributed by atoms with Crippen molar-refractivity contribution in [1.29, 1.82) is 0 Å². The lowest BCUT2D eigenvalue weighted by Gasteiger charge is -2.31. The molecule has 10 amide bonds. The van der Waals surface area contributed by atoms with Gasteiger partial charge in [0, 0.05) is 30.9 Å². The second-order valence-corrected chi connectivity index (χ2v) is 19.1. The molecule has 2 unspecified atom stereocenters. The molecular weight excluding hydrogens is 927 g/mol. The van der Waals surface area contributed by atoms with Crippen molar-refractivity contribution in [2.75, 3.05) is 37.7 Å². The summed E-state index contributed by atoms with van der Waals surface area (Å²) in [6.45, 7) is 6.72. The molecule has 14 N–H and O–H groups in total. The first-order valence-corrected chi connectivity index (χ1v) is 25.1. The van der Waals surface area contributed by atoms with Gasteiger partial charge in [0.2, 0.25) is 59.1 Å². The van der Waals surface area contributed by atoms with Crippen LogP contribution in [0.25, 0.3) is 0 Å². The highest BCUT2D eigenvalue weighted by Crippen LogP contribution is 2.26. The Hall–Kier alpha value is -5.66. The van der Waals surface area contributed by atoms with Gasteiger partial charge < -0.3 is 69.2 Å². The number of ether oxygens (including phenoxy) is 1. The Bertz CT molecular complexity index is 1950. The topological polar surface area (TPSA) is 366 Å². The quantitative estimate of drug-likeness (QED) is 0.0652. The summed E-state index contributed by atoms with van der Waals surface area (Å²) in [5, 5.41) is 28.7. The molecule has 0 radical (unpaired) electrons. The number of carbonyl (C=O) groups excluding carboxylic acids is 10. The highest BCUT2D eigenvalue weighted by Gasteiger charge is 2.41. The molecule has 0 aromatic heterocycles. The number of likely N-dealkylation sites (tertiary alicyclic amines) is 1. The summed E-state index contributed by atoms with van der Waals surface area (Å²) in [6.07, 6.45) is -1.05. The van der Waals surface area contributed by atoms with Crippen LogP contribution in [0.5, 0.6) is 5.75 Å². The molecule has 2 heterocycles. The lowest BCUT2D eigenvalue weighted by atomic mass is 9.96. The third kappa shape index (κ3) is 18.1. The number of hydrogen-bond donors (Lipinski definition) is 11. The molecule has 25 heteroatoms. The number of primary amides is 2. The van der Waals surface area contributed by atoms with Crippen LogP contribution in [-0.2, 0) is 54.4 Å². The van der Waals surface area contributed by atoms with E-state index in [0.29, 0.717) is 37.2 Å². The monoisotopic (exact) mass is 993 g/mol. The Kier molecular flexibility index (Phi) is 23.8. The van der Waals surface area contributed by atoms with Crippen molar-refractivity contribution >= 4 is 80.7 Å². The minimum Gasteiger partial charge on any atom is -0.494 e. The van der Waals surface area contributed by atoms with E-state index in [1.54, 1.807) is 38.1 Å². The van der Waals surface area contributed by atoms with Crippen molar-refractivity contribution in [1.82, 2.24) is 42.1 Å². The van der Waals surface area contributed by atoms with Gasteiger partial charge in [0.15, 0.2) is 0 Å². The molecule has 9 atom stereocenters. The van der Waals surface area contributed by atoms with Crippen LogP contribution in [0.2, 0.25) is 0 Å². The van der Waals surface area contributed by atoms with E-state index in [1.165, 1.54) is 22.6 Å². The maximum Gasteiger partial charge on any atom is 0.246 e. The third-order valence-electron chi connectivity index (χ3n) is 11.2. The molecule has 0 saturated carbocycles. The van der Waals surface area contributed by atoms with Crippen LogP contribution in [0.15, 0.2) is 24.3 Å². The first-order valence-electron chi connectivity index (χ1n) is 22.6. The number of rotatable bonds is 18. The van der Waals surface area contributed by atoms with Crippen molar-refractivity contribution in [3.63, 3.8) is 0 Å². The maximum atomic E-state index is 14.4. The van der Waals surface area contributed by atoms with Crippen molar-refractivity contribution in [2.45, 2.75) is 127 Å². The molecule has 378 valence electrons. The summed E-state index contributed by atoms with van der Waals surface area (Å²) in [5.74, 6) is -8.07. The van der Waals surface area contributed by atoms with E-state index in [2.05, 4.69) is 37.2 Å².